The molecule has 1 aliphatic rings. The summed E-state index contributed by atoms with van der Waals surface area (Å²) in [7, 11) is 1.60. The predicted molar refractivity (Wildman–Crippen MR) is 91.3 cm³/mol. The minimum Gasteiger partial charge on any atom is -0.441 e. The number of methoxy groups -OCH3 is 1. The van der Waals surface area contributed by atoms with Crippen LogP contribution in [0.15, 0.2) is 54.6 Å². The highest BCUT2D eigenvalue weighted by molar-refractivity contribution is 5.90. The van der Waals surface area contributed by atoms with Gasteiger partial charge in [-0.15, -0.1) is 0 Å². The molecule has 1 atom stereocenters. The van der Waals surface area contributed by atoms with Crippen molar-refractivity contribution in [1.29, 1.82) is 0 Å². The first-order chi connectivity index (χ1) is 11.3. The molecule has 4 heteroatoms. The Balaban J connectivity index is 1.68. The summed E-state index contributed by atoms with van der Waals surface area (Å²) in [5.41, 5.74) is 3.08. The zero-order valence-electron chi connectivity index (χ0n) is 13.0. The Morgan fingerprint density at radius 2 is 1.74 bits per heavy atom. The maximum absolute atomic E-state index is 11.9. The average Bonchev–Trinajstić information content (AvgIpc) is 2.95. The Morgan fingerprint density at radius 3 is 2.39 bits per heavy atom. The van der Waals surface area contributed by atoms with Crippen molar-refractivity contribution in [3.8, 4) is 0 Å². The van der Waals surface area contributed by atoms with Gasteiger partial charge in [-0.1, -0.05) is 54.6 Å². The number of rotatable bonds is 5. The lowest BCUT2D eigenvalue weighted by molar-refractivity contribution is 0.0718. The summed E-state index contributed by atoms with van der Waals surface area (Å²) < 4.78 is 10.3. The largest absolute Gasteiger partial charge is 0.441 e. The molecule has 0 N–H and O–H groups in total. The van der Waals surface area contributed by atoms with Gasteiger partial charge in [0.2, 0.25) is 0 Å². The van der Waals surface area contributed by atoms with Gasteiger partial charge in [0, 0.05) is 12.8 Å². The second-order valence-corrected chi connectivity index (χ2v) is 5.41. The van der Waals surface area contributed by atoms with Crippen molar-refractivity contribution in [2.75, 3.05) is 25.2 Å². The van der Waals surface area contributed by atoms with E-state index in [1.165, 1.54) is 0 Å². The number of hydrogen-bond donors (Lipinski definition) is 0. The van der Waals surface area contributed by atoms with Gasteiger partial charge in [0.15, 0.2) is 0 Å². The van der Waals surface area contributed by atoms with E-state index < -0.39 is 0 Å². The molecule has 1 aliphatic heterocycles. The van der Waals surface area contributed by atoms with Crippen LogP contribution in [0.2, 0.25) is 0 Å². The van der Waals surface area contributed by atoms with Crippen LogP contribution in [0.5, 0.6) is 0 Å². The highest BCUT2D eigenvalue weighted by atomic mass is 16.6. The molecule has 23 heavy (non-hydrogen) atoms. The quantitative estimate of drug-likeness (QED) is 0.788. The molecule has 4 nitrogen and oxygen atoms in total. The smallest absolute Gasteiger partial charge is 0.414 e. The number of amides is 1. The van der Waals surface area contributed by atoms with E-state index in [4.69, 9.17) is 9.47 Å². The minimum atomic E-state index is -0.320. The molecule has 1 unspecified atom stereocenters. The molecule has 0 aliphatic carbocycles. The van der Waals surface area contributed by atoms with Gasteiger partial charge < -0.3 is 9.47 Å². The second-order valence-electron chi connectivity index (χ2n) is 5.41. The fourth-order valence-electron chi connectivity index (χ4n) is 2.53. The van der Waals surface area contributed by atoms with Crippen LogP contribution < -0.4 is 4.90 Å². The highest BCUT2D eigenvalue weighted by Gasteiger charge is 2.32. The molecular weight excluding hydrogens is 290 g/mol. The predicted octanol–water partition coefficient (Wildman–Crippen LogP) is 3.83. The third-order valence-electron chi connectivity index (χ3n) is 3.70. The standard InChI is InChI=1S/C19H19NO3/c1-22-14-18-13-20(19(21)23-18)17-11-9-16(10-12-17)8-7-15-5-3-2-4-6-15/h2-12,18H,13-14H2,1H3/b8-7+. The molecule has 1 saturated heterocycles. The maximum Gasteiger partial charge on any atom is 0.414 e. The van der Waals surface area contributed by atoms with Gasteiger partial charge in [0.1, 0.15) is 6.10 Å². The number of cyclic esters (lactones) is 1. The number of anilines is 1. The van der Waals surface area contributed by atoms with Crippen LogP contribution in [0.1, 0.15) is 11.1 Å². The zero-order chi connectivity index (χ0) is 16.1. The van der Waals surface area contributed by atoms with Gasteiger partial charge in [-0.3, -0.25) is 4.90 Å². The molecular formula is C19H19NO3. The van der Waals surface area contributed by atoms with Crippen LogP contribution in [0, 0.1) is 0 Å². The lowest BCUT2D eigenvalue weighted by Crippen LogP contribution is -2.25. The number of ether oxygens (including phenoxy) is 2. The second kappa shape index (κ2) is 7.11. The van der Waals surface area contributed by atoms with Gasteiger partial charge in [0.05, 0.1) is 13.2 Å². The Hall–Kier alpha value is -2.59. The fraction of sp³-hybridized carbons (Fsp3) is 0.211. The molecule has 0 bridgehead atoms. The van der Waals surface area contributed by atoms with Gasteiger partial charge in [-0.05, 0) is 23.3 Å². The van der Waals surface area contributed by atoms with Gasteiger partial charge in [0.25, 0.3) is 0 Å². The van der Waals surface area contributed by atoms with E-state index in [-0.39, 0.29) is 12.2 Å². The average molecular weight is 309 g/mol. The number of carbonyl (C=O) groups is 1. The molecule has 118 valence electrons. The van der Waals surface area contributed by atoms with E-state index in [0.717, 1.165) is 16.8 Å². The van der Waals surface area contributed by atoms with E-state index in [9.17, 15) is 4.79 Å². The van der Waals surface area contributed by atoms with Crippen LogP contribution in [0.25, 0.3) is 12.2 Å². The van der Waals surface area contributed by atoms with E-state index in [1.54, 1.807) is 12.0 Å². The summed E-state index contributed by atoms with van der Waals surface area (Å²) in [4.78, 5) is 13.5. The lowest BCUT2D eigenvalue weighted by Gasteiger charge is -2.12. The van der Waals surface area contributed by atoms with Crippen molar-refractivity contribution in [1.82, 2.24) is 0 Å². The summed E-state index contributed by atoms with van der Waals surface area (Å²) in [6, 6.07) is 18.0. The molecule has 2 aromatic carbocycles. The molecule has 0 spiro atoms. The summed E-state index contributed by atoms with van der Waals surface area (Å²) in [5.74, 6) is 0. The summed E-state index contributed by atoms with van der Waals surface area (Å²) >= 11 is 0. The van der Waals surface area contributed by atoms with E-state index in [2.05, 4.69) is 24.3 Å². The molecule has 2 aromatic rings. The van der Waals surface area contributed by atoms with Crippen molar-refractivity contribution in [3.05, 3.63) is 65.7 Å². The Labute approximate surface area is 135 Å². The molecule has 0 saturated carbocycles. The van der Waals surface area contributed by atoms with Crippen LogP contribution in [-0.4, -0.2) is 32.5 Å². The Kier molecular flexibility index (Phi) is 4.74. The summed E-state index contributed by atoms with van der Waals surface area (Å²) in [6.45, 7) is 0.937. The zero-order valence-corrected chi connectivity index (χ0v) is 13.0. The summed E-state index contributed by atoms with van der Waals surface area (Å²) in [6.07, 6.45) is 3.59. The van der Waals surface area contributed by atoms with Gasteiger partial charge in [-0.25, -0.2) is 4.79 Å². The van der Waals surface area contributed by atoms with Crippen LogP contribution in [0.3, 0.4) is 0 Å². The number of nitrogens with zero attached hydrogens (tertiary/aromatic N) is 1. The minimum absolute atomic E-state index is 0.204. The van der Waals surface area contributed by atoms with Crippen molar-refractivity contribution in [2.45, 2.75) is 6.10 Å². The molecule has 1 amide bonds. The number of carbonyl (C=O) groups excluding carboxylic acids is 1. The van der Waals surface area contributed by atoms with Crippen LogP contribution >= 0.6 is 0 Å². The fourth-order valence-corrected chi connectivity index (χ4v) is 2.53. The third-order valence-corrected chi connectivity index (χ3v) is 3.70. The van der Waals surface area contributed by atoms with Crippen LogP contribution in [0.4, 0.5) is 10.5 Å². The number of benzene rings is 2. The molecule has 0 aromatic heterocycles. The molecule has 3 rings (SSSR count). The molecule has 1 heterocycles. The Morgan fingerprint density at radius 1 is 1.09 bits per heavy atom. The normalized spacial score (nSPS) is 17.7. The summed E-state index contributed by atoms with van der Waals surface area (Å²) in [5, 5.41) is 0. The van der Waals surface area contributed by atoms with E-state index >= 15 is 0 Å². The lowest BCUT2D eigenvalue weighted by atomic mass is 10.1. The van der Waals surface area contributed by atoms with Crippen molar-refractivity contribution >= 4 is 23.9 Å². The van der Waals surface area contributed by atoms with Crippen molar-refractivity contribution < 1.29 is 14.3 Å². The number of hydrogen-bond acceptors (Lipinski definition) is 3. The highest BCUT2D eigenvalue weighted by Crippen LogP contribution is 2.22. The molecule has 1 fully saturated rings. The van der Waals surface area contributed by atoms with Crippen molar-refractivity contribution in [3.63, 3.8) is 0 Å². The van der Waals surface area contributed by atoms with E-state index in [1.807, 2.05) is 42.5 Å². The first-order valence-electron chi connectivity index (χ1n) is 7.56. The van der Waals surface area contributed by atoms with Crippen molar-refractivity contribution in [2.24, 2.45) is 0 Å². The van der Waals surface area contributed by atoms with Gasteiger partial charge >= 0.3 is 6.09 Å². The first kappa shape index (κ1) is 15.3. The third kappa shape index (κ3) is 3.79. The van der Waals surface area contributed by atoms with Crippen LogP contribution in [-0.2, 0) is 9.47 Å². The topological polar surface area (TPSA) is 38.8 Å². The SMILES string of the molecule is COCC1CN(c2ccc(/C=C/c3ccccc3)cc2)C(=O)O1. The first-order valence-corrected chi connectivity index (χ1v) is 7.56. The maximum atomic E-state index is 11.9. The molecule has 0 radical (unpaired) electrons. The monoisotopic (exact) mass is 309 g/mol. The van der Waals surface area contributed by atoms with Gasteiger partial charge in [-0.2, -0.15) is 0 Å². The van der Waals surface area contributed by atoms with E-state index in [0.29, 0.717) is 13.2 Å². The Bertz CT molecular complexity index is 680.